The lowest BCUT2D eigenvalue weighted by Gasteiger charge is -2.39. The van der Waals surface area contributed by atoms with Crippen molar-refractivity contribution in [1.82, 2.24) is 0 Å². The molecule has 0 fully saturated rings. The second-order valence-corrected chi connectivity index (χ2v) is 11.9. The molecule has 39 heavy (non-hydrogen) atoms. The summed E-state index contributed by atoms with van der Waals surface area (Å²) < 4.78 is 0.00887. The van der Waals surface area contributed by atoms with Crippen LogP contribution < -0.4 is 5.11 Å². The first kappa shape index (κ1) is 37.1. The minimum absolute atomic E-state index is 0.00887. The standard InChI is InChI=1S/C32H59NO6/c1-5-6-7-8-9-10-11-12-13-14-15-16-17-18-19-20-21-22-23-33(24-27(2)30(34)35,25-28(3)31(36)37)26-29(4)32(38)39/h22-23,27-29H,5-21,24-26H2,1-4H3,(H2-,34,35,36,37,38,39)/b23-22+. The van der Waals surface area contributed by atoms with Gasteiger partial charge in [-0.05, 0) is 32.8 Å². The molecule has 3 atom stereocenters. The summed E-state index contributed by atoms with van der Waals surface area (Å²) in [5, 5.41) is 30.4. The van der Waals surface area contributed by atoms with Gasteiger partial charge >= 0.3 is 11.9 Å². The Hall–Kier alpha value is -1.89. The van der Waals surface area contributed by atoms with Gasteiger partial charge in [-0.15, -0.1) is 0 Å². The van der Waals surface area contributed by atoms with Crippen LogP contribution in [0.2, 0.25) is 0 Å². The largest absolute Gasteiger partial charge is 0.550 e. The van der Waals surface area contributed by atoms with E-state index in [1.165, 1.54) is 96.8 Å². The van der Waals surface area contributed by atoms with Gasteiger partial charge < -0.3 is 20.1 Å². The molecule has 0 heterocycles. The van der Waals surface area contributed by atoms with Crippen LogP contribution in [0.4, 0.5) is 0 Å². The summed E-state index contributed by atoms with van der Waals surface area (Å²) in [6.45, 7) is 7.33. The highest BCUT2D eigenvalue weighted by Crippen LogP contribution is 2.22. The number of unbranched alkanes of at least 4 members (excludes halogenated alkanes) is 16. The first-order valence-electron chi connectivity index (χ1n) is 15.7. The molecule has 0 aliphatic rings. The van der Waals surface area contributed by atoms with Gasteiger partial charge in [0.05, 0.1) is 25.8 Å². The quantitative estimate of drug-likeness (QED) is 0.0854. The monoisotopic (exact) mass is 553 g/mol. The van der Waals surface area contributed by atoms with E-state index in [9.17, 15) is 29.7 Å². The average Bonchev–Trinajstić information content (AvgIpc) is 2.87. The summed E-state index contributed by atoms with van der Waals surface area (Å²) in [5.41, 5.74) is 0. The van der Waals surface area contributed by atoms with Gasteiger partial charge in [0.25, 0.3) is 0 Å². The van der Waals surface area contributed by atoms with Crippen LogP contribution in [0, 0.1) is 17.8 Å². The lowest BCUT2D eigenvalue weighted by atomic mass is 10.0. The first-order valence-corrected chi connectivity index (χ1v) is 15.7. The van der Waals surface area contributed by atoms with Gasteiger partial charge in [-0.3, -0.25) is 14.1 Å². The molecule has 0 saturated carbocycles. The lowest BCUT2D eigenvalue weighted by Crippen LogP contribution is -2.54. The van der Waals surface area contributed by atoms with Crippen molar-refractivity contribution in [3.8, 4) is 0 Å². The van der Waals surface area contributed by atoms with Crippen LogP contribution in [0.5, 0.6) is 0 Å². The number of allylic oxidation sites excluding steroid dienone is 1. The van der Waals surface area contributed by atoms with Crippen molar-refractivity contribution in [2.24, 2.45) is 17.8 Å². The zero-order valence-electron chi connectivity index (χ0n) is 25.5. The smallest absolute Gasteiger partial charge is 0.311 e. The van der Waals surface area contributed by atoms with Crippen molar-refractivity contribution < 1.29 is 34.2 Å². The Bertz CT molecular complexity index is 637. The Kier molecular flexibility index (Phi) is 21.8. The summed E-state index contributed by atoms with van der Waals surface area (Å²) >= 11 is 0. The van der Waals surface area contributed by atoms with Gasteiger partial charge in [-0.25, -0.2) is 0 Å². The summed E-state index contributed by atoms with van der Waals surface area (Å²) in [5.74, 6) is -5.47. The molecule has 7 nitrogen and oxygen atoms in total. The van der Waals surface area contributed by atoms with Crippen molar-refractivity contribution >= 4 is 17.9 Å². The molecular formula is C32H59NO6. The predicted molar refractivity (Wildman–Crippen MR) is 156 cm³/mol. The van der Waals surface area contributed by atoms with Gasteiger partial charge in [0.1, 0.15) is 11.8 Å². The molecule has 0 aromatic rings. The predicted octanol–water partition coefficient (Wildman–Crippen LogP) is 6.80. The maximum absolute atomic E-state index is 11.6. The minimum Gasteiger partial charge on any atom is -0.550 e. The van der Waals surface area contributed by atoms with E-state index >= 15 is 0 Å². The fourth-order valence-electron chi connectivity index (χ4n) is 5.38. The van der Waals surface area contributed by atoms with Gasteiger partial charge in [-0.1, -0.05) is 110 Å². The van der Waals surface area contributed by atoms with Crippen molar-refractivity contribution in [3.05, 3.63) is 12.3 Å². The van der Waals surface area contributed by atoms with E-state index in [-0.39, 0.29) is 24.1 Å². The minimum atomic E-state index is -1.21. The van der Waals surface area contributed by atoms with Crippen LogP contribution >= 0.6 is 0 Å². The van der Waals surface area contributed by atoms with E-state index in [0.29, 0.717) is 0 Å². The second kappa shape index (κ2) is 22.9. The maximum Gasteiger partial charge on any atom is 0.311 e. The maximum atomic E-state index is 11.6. The molecule has 0 aliphatic heterocycles. The van der Waals surface area contributed by atoms with Crippen LogP contribution in [0.25, 0.3) is 0 Å². The number of hydrogen-bond acceptors (Lipinski definition) is 4. The topological polar surface area (TPSA) is 115 Å². The molecule has 3 unspecified atom stereocenters. The number of aliphatic carboxylic acids is 3. The fraction of sp³-hybridized carbons (Fsp3) is 0.844. The van der Waals surface area contributed by atoms with E-state index < -0.39 is 35.7 Å². The molecule has 0 saturated heterocycles. The normalized spacial score (nSPS) is 15.6. The third-order valence-electron chi connectivity index (χ3n) is 7.80. The second-order valence-electron chi connectivity index (χ2n) is 11.9. The van der Waals surface area contributed by atoms with Gasteiger partial charge in [0.2, 0.25) is 0 Å². The summed E-state index contributed by atoms with van der Waals surface area (Å²) in [7, 11) is 0. The Morgan fingerprint density at radius 3 is 1.28 bits per heavy atom. The molecule has 228 valence electrons. The lowest BCUT2D eigenvalue weighted by molar-refractivity contribution is -0.886. The van der Waals surface area contributed by atoms with Crippen molar-refractivity contribution in [2.75, 3.05) is 19.6 Å². The Balaban J connectivity index is 4.45. The summed E-state index contributed by atoms with van der Waals surface area (Å²) in [4.78, 5) is 34.6. The van der Waals surface area contributed by atoms with Crippen molar-refractivity contribution in [1.29, 1.82) is 0 Å². The Morgan fingerprint density at radius 2 is 0.949 bits per heavy atom. The zero-order valence-corrected chi connectivity index (χ0v) is 25.5. The molecule has 0 bridgehead atoms. The third kappa shape index (κ3) is 19.8. The van der Waals surface area contributed by atoms with Crippen molar-refractivity contribution in [2.45, 2.75) is 137 Å². The van der Waals surface area contributed by atoms with Crippen LogP contribution in [0.3, 0.4) is 0 Å². The third-order valence-corrected chi connectivity index (χ3v) is 7.80. The van der Waals surface area contributed by atoms with Crippen LogP contribution in [-0.4, -0.2) is 52.2 Å². The van der Waals surface area contributed by atoms with Crippen LogP contribution in [-0.2, 0) is 14.4 Å². The number of carbonyl (C=O) groups excluding carboxylic acids is 1. The number of carboxylic acid groups (broad SMARTS) is 3. The van der Waals surface area contributed by atoms with E-state index in [0.717, 1.165) is 19.3 Å². The van der Waals surface area contributed by atoms with Crippen LogP contribution in [0.1, 0.15) is 137 Å². The molecule has 0 aromatic carbocycles. The molecule has 7 heteroatoms. The van der Waals surface area contributed by atoms with Crippen molar-refractivity contribution in [3.63, 3.8) is 0 Å². The molecule has 2 N–H and O–H groups in total. The zero-order chi connectivity index (χ0) is 29.5. The van der Waals surface area contributed by atoms with Crippen LogP contribution in [0.15, 0.2) is 12.3 Å². The first-order chi connectivity index (χ1) is 18.5. The van der Waals surface area contributed by atoms with Gasteiger partial charge in [0.15, 0.2) is 0 Å². The van der Waals surface area contributed by atoms with E-state index in [2.05, 4.69) is 6.92 Å². The van der Waals surface area contributed by atoms with Gasteiger partial charge in [-0.2, -0.15) is 0 Å². The van der Waals surface area contributed by atoms with E-state index in [4.69, 9.17) is 0 Å². The number of quaternary nitrogens is 1. The number of carbonyl (C=O) groups is 3. The highest BCUT2D eigenvalue weighted by molar-refractivity contribution is 5.70. The van der Waals surface area contributed by atoms with E-state index in [1.54, 1.807) is 13.8 Å². The highest BCUT2D eigenvalue weighted by Gasteiger charge is 2.35. The number of nitrogens with zero attached hydrogens (tertiary/aromatic N) is 1. The fourth-order valence-corrected chi connectivity index (χ4v) is 5.38. The molecule has 0 aliphatic carbocycles. The summed E-state index contributed by atoms with van der Waals surface area (Å²) in [6.07, 6.45) is 25.6. The number of rotatable bonds is 27. The molecule has 0 rings (SSSR count). The Morgan fingerprint density at radius 1 is 0.615 bits per heavy atom. The summed E-state index contributed by atoms with van der Waals surface area (Å²) in [6, 6.07) is 0. The van der Waals surface area contributed by atoms with Gasteiger partial charge in [0, 0.05) is 11.9 Å². The average molecular weight is 554 g/mol. The molecular weight excluding hydrogens is 494 g/mol. The molecule has 0 spiro atoms. The Labute approximate surface area is 238 Å². The molecule has 0 radical (unpaired) electrons. The number of carboxylic acids is 3. The highest BCUT2D eigenvalue weighted by atomic mass is 16.4. The van der Waals surface area contributed by atoms with E-state index in [1.807, 2.05) is 12.3 Å². The molecule has 0 amide bonds. The SMILES string of the molecule is CCCCCCCCCCCCCCCCCC/C=C/[N+](CC(C)C(=O)[O-])(CC(C)C(=O)O)CC(C)C(=O)O. The molecule has 0 aromatic heterocycles. The number of hydrogen-bond donors (Lipinski definition) is 2.